The summed E-state index contributed by atoms with van der Waals surface area (Å²) in [4.78, 5) is 5.60. The highest BCUT2D eigenvalue weighted by molar-refractivity contribution is 8.03. The van der Waals surface area contributed by atoms with Gasteiger partial charge in [-0.15, -0.1) is 0 Å². The molecule has 0 aliphatic carbocycles. The lowest BCUT2D eigenvalue weighted by Gasteiger charge is -2.07. The Balaban J connectivity index is 0.00000199. The second-order valence-corrected chi connectivity index (χ2v) is 8.84. The van der Waals surface area contributed by atoms with Gasteiger partial charge in [-0.05, 0) is 43.5 Å². The monoisotopic (exact) mass is 483 g/mol. The van der Waals surface area contributed by atoms with E-state index in [1.165, 1.54) is 11.8 Å². The van der Waals surface area contributed by atoms with E-state index in [0.717, 1.165) is 51.2 Å². The number of aromatic amines is 1. The fourth-order valence-electron chi connectivity index (χ4n) is 3.07. The molecule has 0 saturated heterocycles. The van der Waals surface area contributed by atoms with Gasteiger partial charge in [0.1, 0.15) is 18.1 Å². The number of ether oxygens (including phenoxy) is 2. The summed E-state index contributed by atoms with van der Waals surface area (Å²) in [6.07, 6.45) is 7.45. The predicted molar refractivity (Wildman–Crippen MR) is 141 cm³/mol. The van der Waals surface area contributed by atoms with Gasteiger partial charge in [0.2, 0.25) is 0 Å². The molecule has 0 aliphatic heterocycles. The smallest absolute Gasteiger partial charge is 0.199 e. The molecule has 0 amide bonds. The van der Waals surface area contributed by atoms with Gasteiger partial charge in [-0.1, -0.05) is 64.3 Å². The molecule has 0 bridgehead atoms. The molecule has 2 heterocycles. The zero-order valence-electron chi connectivity index (χ0n) is 21.2. The number of H-pyrrole nitrogens is 1. The molecule has 7 heteroatoms. The zero-order valence-corrected chi connectivity index (χ0v) is 22.1. The molecular weight excluding hydrogens is 446 g/mol. The third-order valence-corrected chi connectivity index (χ3v) is 6.04. The number of oxazole rings is 1. The minimum absolute atomic E-state index is 0.135. The van der Waals surface area contributed by atoms with Crippen molar-refractivity contribution in [3.63, 3.8) is 0 Å². The largest absolute Gasteiger partial charge is 0.487 e. The molecule has 34 heavy (non-hydrogen) atoms. The van der Waals surface area contributed by atoms with Gasteiger partial charge in [0, 0.05) is 29.9 Å². The van der Waals surface area contributed by atoms with E-state index in [4.69, 9.17) is 18.9 Å². The minimum atomic E-state index is 0.135. The normalized spacial score (nSPS) is 11.9. The highest BCUT2D eigenvalue weighted by Gasteiger charge is 2.20. The summed E-state index contributed by atoms with van der Waals surface area (Å²) >= 11 is 1.45. The summed E-state index contributed by atoms with van der Waals surface area (Å²) in [6, 6.07) is 3.96. The number of aromatic nitrogens is 3. The number of nitrogens with zero attached hydrogens (tertiary/aromatic N) is 2. The number of rotatable bonds is 12. The van der Waals surface area contributed by atoms with Crippen molar-refractivity contribution >= 4 is 22.7 Å². The van der Waals surface area contributed by atoms with Gasteiger partial charge in [-0.2, -0.15) is 5.10 Å². The van der Waals surface area contributed by atoms with E-state index < -0.39 is 0 Å². The van der Waals surface area contributed by atoms with E-state index >= 15 is 0 Å². The first-order valence-corrected chi connectivity index (χ1v) is 12.5. The van der Waals surface area contributed by atoms with E-state index in [9.17, 15) is 0 Å². The molecule has 6 nitrogen and oxygen atoms in total. The van der Waals surface area contributed by atoms with E-state index in [-0.39, 0.29) is 5.92 Å². The van der Waals surface area contributed by atoms with Gasteiger partial charge in [0.25, 0.3) is 0 Å². The molecule has 0 aliphatic rings. The average Bonchev–Trinajstić information content (AvgIpc) is 3.48. The molecule has 2 aromatic heterocycles. The van der Waals surface area contributed by atoms with Crippen molar-refractivity contribution in [2.24, 2.45) is 0 Å². The Morgan fingerprint density at radius 2 is 2.03 bits per heavy atom. The number of benzene rings is 1. The van der Waals surface area contributed by atoms with E-state index in [2.05, 4.69) is 37.2 Å². The summed E-state index contributed by atoms with van der Waals surface area (Å²) in [7, 11) is 1.70. The number of hydrogen-bond donors (Lipinski definition) is 1. The predicted octanol–water partition coefficient (Wildman–Crippen LogP) is 7.73. The van der Waals surface area contributed by atoms with Crippen LogP contribution in [-0.2, 0) is 11.3 Å². The van der Waals surface area contributed by atoms with Crippen molar-refractivity contribution in [3.05, 3.63) is 71.3 Å². The standard InChI is InChI=1S/C25H31N3O3S.C2H6/c1-7-16(2)8-9-19(5)32-25-22(27-24(31-25)17(3)10-11-29-6)15-30-21-12-18(4)23-20(13-21)14-26-28-23;1-2/h8-9,12-14,17H,2,5,7,10-11,15H2,1,3-4,6H3,(H,26,28);1-2H3/b9-8-;. The second kappa shape index (κ2) is 13.8. The van der Waals surface area contributed by atoms with Gasteiger partial charge < -0.3 is 13.9 Å². The third-order valence-electron chi connectivity index (χ3n) is 5.13. The van der Waals surface area contributed by atoms with Crippen LogP contribution in [0.5, 0.6) is 5.75 Å². The van der Waals surface area contributed by atoms with Gasteiger partial charge in [-0.25, -0.2) is 4.98 Å². The lowest BCUT2D eigenvalue weighted by atomic mass is 10.1. The highest BCUT2D eigenvalue weighted by atomic mass is 32.2. The summed E-state index contributed by atoms with van der Waals surface area (Å²) in [5.41, 5.74) is 3.89. The van der Waals surface area contributed by atoms with Gasteiger partial charge >= 0.3 is 0 Å². The van der Waals surface area contributed by atoms with E-state index in [1.54, 1.807) is 13.3 Å². The highest BCUT2D eigenvalue weighted by Crippen LogP contribution is 2.34. The maximum absolute atomic E-state index is 6.13. The van der Waals surface area contributed by atoms with Crippen molar-refractivity contribution < 1.29 is 13.9 Å². The molecule has 3 aromatic rings. The van der Waals surface area contributed by atoms with Crippen LogP contribution < -0.4 is 4.74 Å². The third kappa shape index (κ3) is 7.64. The average molecular weight is 484 g/mol. The number of allylic oxidation sites excluding steroid dienone is 3. The maximum atomic E-state index is 6.13. The Kier molecular flexibility index (Phi) is 11.2. The first kappa shape index (κ1) is 27.5. The van der Waals surface area contributed by atoms with Crippen LogP contribution in [0.2, 0.25) is 0 Å². The van der Waals surface area contributed by atoms with Crippen LogP contribution in [0.3, 0.4) is 0 Å². The lowest BCUT2D eigenvalue weighted by molar-refractivity contribution is 0.184. The van der Waals surface area contributed by atoms with Crippen LogP contribution in [0.4, 0.5) is 0 Å². The van der Waals surface area contributed by atoms with Gasteiger partial charge in [0.05, 0.1) is 11.7 Å². The van der Waals surface area contributed by atoms with Crippen molar-refractivity contribution in [1.29, 1.82) is 0 Å². The Hall–Kier alpha value is -2.77. The number of aryl methyl sites for hydroxylation is 1. The fraction of sp³-hybridized carbons (Fsp3) is 0.407. The molecule has 1 atom stereocenters. The van der Waals surface area contributed by atoms with E-state index in [0.29, 0.717) is 24.2 Å². The molecule has 0 saturated carbocycles. The molecular formula is C27H37N3O3S. The summed E-state index contributed by atoms with van der Waals surface area (Å²) < 4.78 is 17.4. The van der Waals surface area contributed by atoms with Crippen molar-refractivity contribution in [2.75, 3.05) is 13.7 Å². The van der Waals surface area contributed by atoms with Crippen LogP contribution in [0.25, 0.3) is 10.9 Å². The molecule has 0 spiro atoms. The second-order valence-electron chi connectivity index (χ2n) is 7.75. The molecule has 1 N–H and O–H groups in total. The molecule has 3 rings (SSSR count). The van der Waals surface area contributed by atoms with Crippen LogP contribution >= 0.6 is 11.8 Å². The fourth-order valence-corrected chi connectivity index (χ4v) is 3.80. The zero-order chi connectivity index (χ0) is 25.1. The SMILES string of the molecule is C=C(/C=C\C(=C)Sc1oc(C(C)CCOC)nc1COc1cc(C)c2[nH]ncc2c1)CC.CC. The minimum Gasteiger partial charge on any atom is -0.487 e. The van der Waals surface area contributed by atoms with Crippen LogP contribution in [0.15, 0.2) is 63.6 Å². The Labute approximate surface area is 207 Å². The Morgan fingerprint density at radius 3 is 2.74 bits per heavy atom. The van der Waals surface area contributed by atoms with Crippen LogP contribution in [-0.4, -0.2) is 28.9 Å². The Bertz CT molecular complexity index is 1110. The maximum Gasteiger partial charge on any atom is 0.199 e. The Morgan fingerprint density at radius 1 is 1.26 bits per heavy atom. The van der Waals surface area contributed by atoms with Crippen molar-refractivity contribution in [3.8, 4) is 5.75 Å². The number of nitrogens with one attached hydrogen (secondary N) is 1. The molecule has 1 aromatic carbocycles. The molecule has 0 fully saturated rings. The number of hydrogen-bond acceptors (Lipinski definition) is 6. The first-order chi connectivity index (χ1) is 16.4. The van der Waals surface area contributed by atoms with Crippen molar-refractivity contribution in [1.82, 2.24) is 15.2 Å². The number of methoxy groups -OCH3 is 1. The first-order valence-electron chi connectivity index (χ1n) is 11.7. The topological polar surface area (TPSA) is 73.2 Å². The van der Waals surface area contributed by atoms with Crippen LogP contribution in [0.1, 0.15) is 63.6 Å². The number of fused-ring (bicyclic) bond motifs is 1. The van der Waals surface area contributed by atoms with Gasteiger partial charge in [-0.3, -0.25) is 5.10 Å². The van der Waals surface area contributed by atoms with Crippen LogP contribution in [0, 0.1) is 6.92 Å². The van der Waals surface area contributed by atoms with Gasteiger partial charge in [0.15, 0.2) is 11.0 Å². The summed E-state index contributed by atoms with van der Waals surface area (Å²) in [6.45, 7) is 19.3. The summed E-state index contributed by atoms with van der Waals surface area (Å²) in [5, 5.41) is 8.82. The molecule has 1 unspecified atom stereocenters. The summed E-state index contributed by atoms with van der Waals surface area (Å²) in [5.74, 6) is 1.58. The van der Waals surface area contributed by atoms with Crippen molar-refractivity contribution in [2.45, 2.75) is 65.1 Å². The lowest BCUT2D eigenvalue weighted by Crippen LogP contribution is -2.01. The number of thioether (sulfide) groups is 1. The van der Waals surface area contributed by atoms with E-state index in [1.807, 2.05) is 45.1 Å². The molecule has 0 radical (unpaired) electrons. The molecule has 184 valence electrons. The quantitative estimate of drug-likeness (QED) is 0.210.